The summed E-state index contributed by atoms with van der Waals surface area (Å²) in [6.07, 6.45) is -0.560. The Bertz CT molecular complexity index is 1340. The summed E-state index contributed by atoms with van der Waals surface area (Å²) in [5, 5.41) is 43.5. The highest BCUT2D eigenvalue weighted by Gasteiger charge is 2.48. The number of hydrogen-bond acceptors (Lipinski definition) is 8. The lowest BCUT2D eigenvalue weighted by Gasteiger charge is -2.47. The lowest BCUT2D eigenvalue weighted by molar-refractivity contribution is -0.175. The van der Waals surface area contributed by atoms with Crippen molar-refractivity contribution in [3.8, 4) is 17.2 Å². The van der Waals surface area contributed by atoms with E-state index in [1.807, 2.05) is 13.8 Å². The minimum Gasteiger partial charge on any atom is -0.507 e. The molecule has 0 radical (unpaired) electrons. The molecule has 2 aromatic carbocycles. The van der Waals surface area contributed by atoms with Crippen LogP contribution in [0.4, 0.5) is 0 Å². The van der Waals surface area contributed by atoms with Crippen molar-refractivity contribution in [3.05, 3.63) is 51.6 Å². The van der Waals surface area contributed by atoms with E-state index in [-0.39, 0.29) is 69.3 Å². The normalized spacial score (nSPS) is 31.8. The van der Waals surface area contributed by atoms with Gasteiger partial charge < -0.3 is 29.9 Å². The van der Waals surface area contributed by atoms with Crippen molar-refractivity contribution in [2.24, 2.45) is 17.3 Å². The highest BCUT2D eigenvalue weighted by atomic mass is 16.5. The molecule has 1 saturated carbocycles. The molecule has 0 bridgehead atoms. The van der Waals surface area contributed by atoms with E-state index in [1.54, 1.807) is 13.0 Å². The van der Waals surface area contributed by atoms with Crippen molar-refractivity contribution in [3.63, 3.8) is 0 Å². The molecule has 38 heavy (non-hydrogen) atoms. The molecule has 8 heteroatoms. The summed E-state index contributed by atoms with van der Waals surface area (Å²) in [7, 11) is 1.41. The molecule has 204 valence electrons. The van der Waals surface area contributed by atoms with Crippen molar-refractivity contribution in [2.75, 3.05) is 7.11 Å². The average Bonchev–Trinajstić information content (AvgIpc) is 2.82. The standard InChI is InChI=1S/C30H36O8/c1-13-7-17(12-30(5,36)28(13)35)38-27-14(2)29(3,4)11-15-8-18-23(25(33)21(15)27)26(34)22-19(24(18)32)9-16(37-6)10-20(22)31/h8-10,13-14,17,27-28,31,33,35-36H,7,11-12H2,1-6H3/t13?,14?,17?,27-,28?,30?/m0/s1. The number of fused-ring (bicyclic) bond motifs is 3. The Kier molecular flexibility index (Phi) is 6.17. The van der Waals surface area contributed by atoms with Crippen molar-refractivity contribution in [1.29, 1.82) is 0 Å². The van der Waals surface area contributed by atoms with Crippen LogP contribution in [-0.4, -0.2) is 56.9 Å². The molecule has 8 nitrogen and oxygen atoms in total. The molecule has 0 heterocycles. The first-order chi connectivity index (χ1) is 17.7. The highest BCUT2D eigenvalue weighted by Crippen LogP contribution is 2.54. The van der Waals surface area contributed by atoms with E-state index < -0.39 is 29.4 Å². The largest absolute Gasteiger partial charge is 0.507 e. The maximum atomic E-state index is 13.6. The number of aromatic hydroxyl groups is 2. The number of aliphatic hydroxyl groups excluding tert-OH is 1. The summed E-state index contributed by atoms with van der Waals surface area (Å²) in [4.78, 5) is 27.2. The molecule has 1 fully saturated rings. The van der Waals surface area contributed by atoms with Crippen LogP contribution < -0.4 is 4.74 Å². The summed E-state index contributed by atoms with van der Waals surface area (Å²) < 4.78 is 11.8. The summed E-state index contributed by atoms with van der Waals surface area (Å²) in [6.45, 7) is 9.70. The molecule has 2 aromatic rings. The Morgan fingerprint density at radius 3 is 2.26 bits per heavy atom. The number of aliphatic hydroxyl groups is 2. The number of ether oxygens (including phenoxy) is 2. The molecule has 0 spiro atoms. The van der Waals surface area contributed by atoms with E-state index >= 15 is 0 Å². The van der Waals surface area contributed by atoms with Crippen LogP contribution in [0.15, 0.2) is 18.2 Å². The smallest absolute Gasteiger partial charge is 0.201 e. The third-order valence-corrected chi connectivity index (χ3v) is 9.10. The van der Waals surface area contributed by atoms with Crippen molar-refractivity contribution >= 4 is 11.6 Å². The van der Waals surface area contributed by atoms with E-state index in [2.05, 4.69) is 13.8 Å². The van der Waals surface area contributed by atoms with Crippen molar-refractivity contribution < 1.29 is 39.5 Å². The second kappa shape index (κ2) is 8.79. The van der Waals surface area contributed by atoms with Crippen LogP contribution in [0.25, 0.3) is 0 Å². The number of ketones is 2. The lowest BCUT2D eigenvalue weighted by atomic mass is 9.64. The van der Waals surface area contributed by atoms with Crippen LogP contribution >= 0.6 is 0 Å². The minimum absolute atomic E-state index is 0.0342. The maximum Gasteiger partial charge on any atom is 0.201 e. The molecule has 3 aliphatic rings. The number of carbonyl (C=O) groups excluding carboxylic acids is 2. The molecule has 4 N–H and O–H groups in total. The van der Waals surface area contributed by atoms with Gasteiger partial charge in [0.05, 0.1) is 42.1 Å². The Hall–Kier alpha value is -2.94. The summed E-state index contributed by atoms with van der Waals surface area (Å²) in [6, 6.07) is 4.38. The molecule has 5 rings (SSSR count). The zero-order valence-electron chi connectivity index (χ0n) is 22.7. The van der Waals surface area contributed by atoms with Crippen LogP contribution in [0.2, 0.25) is 0 Å². The van der Waals surface area contributed by atoms with Gasteiger partial charge in [-0.1, -0.05) is 27.7 Å². The quantitative estimate of drug-likeness (QED) is 0.403. The first-order valence-electron chi connectivity index (χ1n) is 13.1. The number of methoxy groups -OCH3 is 1. The van der Waals surface area contributed by atoms with E-state index in [9.17, 15) is 30.0 Å². The summed E-state index contributed by atoms with van der Waals surface area (Å²) in [5.74, 6) is -1.82. The number of benzene rings is 2. The number of phenolic OH excluding ortho intramolecular Hbond substituents is 2. The molecular formula is C30H36O8. The zero-order valence-corrected chi connectivity index (χ0v) is 22.7. The fourth-order valence-electron chi connectivity index (χ4n) is 6.65. The van der Waals surface area contributed by atoms with Gasteiger partial charge in [0.2, 0.25) is 5.78 Å². The Morgan fingerprint density at radius 1 is 0.974 bits per heavy atom. The summed E-state index contributed by atoms with van der Waals surface area (Å²) >= 11 is 0. The van der Waals surface area contributed by atoms with Gasteiger partial charge in [0.1, 0.15) is 17.2 Å². The Morgan fingerprint density at radius 2 is 1.63 bits per heavy atom. The number of rotatable bonds is 3. The molecule has 0 aromatic heterocycles. The van der Waals surface area contributed by atoms with Crippen LogP contribution in [0, 0.1) is 17.3 Å². The topological polar surface area (TPSA) is 134 Å². The van der Waals surface area contributed by atoms with E-state index in [1.165, 1.54) is 19.2 Å². The Labute approximate surface area is 222 Å². The van der Waals surface area contributed by atoms with Crippen molar-refractivity contribution in [1.82, 2.24) is 0 Å². The van der Waals surface area contributed by atoms with Gasteiger partial charge in [0.15, 0.2) is 5.78 Å². The van der Waals surface area contributed by atoms with Gasteiger partial charge in [0, 0.05) is 29.2 Å². The molecule has 0 amide bonds. The SMILES string of the molecule is COc1cc(O)c2c(c1)C(=O)c1cc3c(c(O)c1C2=O)[C@@H](OC1CC(C)C(O)C(C)(O)C1)C(C)C(C)(C)C3. The first kappa shape index (κ1) is 26.7. The average molecular weight is 525 g/mol. The van der Waals surface area contributed by atoms with E-state index in [0.29, 0.717) is 18.4 Å². The highest BCUT2D eigenvalue weighted by molar-refractivity contribution is 6.30. The van der Waals surface area contributed by atoms with Gasteiger partial charge >= 0.3 is 0 Å². The van der Waals surface area contributed by atoms with E-state index in [0.717, 1.165) is 5.56 Å². The molecule has 3 aliphatic carbocycles. The first-order valence-corrected chi connectivity index (χ1v) is 13.1. The predicted octanol–water partition coefficient (Wildman–Crippen LogP) is 4.07. The maximum absolute atomic E-state index is 13.6. The number of hydrogen-bond donors (Lipinski definition) is 4. The second-order valence-electron chi connectivity index (χ2n) is 12.3. The Balaban J connectivity index is 1.64. The molecular weight excluding hydrogens is 488 g/mol. The molecule has 5 unspecified atom stereocenters. The van der Waals surface area contributed by atoms with Gasteiger partial charge in [0.25, 0.3) is 0 Å². The summed E-state index contributed by atoms with van der Waals surface area (Å²) in [5.41, 5.74) is -0.566. The van der Waals surface area contributed by atoms with Crippen LogP contribution in [0.5, 0.6) is 17.2 Å². The monoisotopic (exact) mass is 524 g/mol. The van der Waals surface area contributed by atoms with Gasteiger partial charge in [-0.05, 0) is 54.7 Å². The molecule has 0 aliphatic heterocycles. The zero-order chi connectivity index (χ0) is 27.9. The third kappa shape index (κ3) is 3.92. The van der Waals surface area contributed by atoms with Crippen LogP contribution in [0.3, 0.4) is 0 Å². The fourth-order valence-corrected chi connectivity index (χ4v) is 6.65. The number of carbonyl (C=O) groups is 2. The van der Waals surface area contributed by atoms with Crippen LogP contribution in [0.1, 0.15) is 96.5 Å². The van der Waals surface area contributed by atoms with Crippen molar-refractivity contribution in [2.45, 2.75) is 77.8 Å². The van der Waals surface area contributed by atoms with Gasteiger partial charge in [-0.25, -0.2) is 0 Å². The lowest BCUT2D eigenvalue weighted by Crippen LogP contribution is -2.52. The van der Waals surface area contributed by atoms with Gasteiger partial charge in [-0.2, -0.15) is 0 Å². The minimum atomic E-state index is -1.32. The third-order valence-electron chi connectivity index (χ3n) is 9.10. The second-order valence-corrected chi connectivity index (χ2v) is 12.3. The number of phenols is 2. The van der Waals surface area contributed by atoms with Gasteiger partial charge in [-0.3, -0.25) is 9.59 Å². The molecule has 0 saturated heterocycles. The predicted molar refractivity (Wildman–Crippen MR) is 139 cm³/mol. The van der Waals surface area contributed by atoms with Gasteiger partial charge in [-0.15, -0.1) is 0 Å². The molecule has 6 atom stereocenters. The van der Waals surface area contributed by atoms with E-state index in [4.69, 9.17) is 9.47 Å². The van der Waals surface area contributed by atoms with Crippen LogP contribution in [-0.2, 0) is 11.2 Å². The fraction of sp³-hybridized carbons (Fsp3) is 0.533.